The van der Waals surface area contributed by atoms with Crippen LogP contribution in [0.1, 0.15) is 0 Å². The average Bonchev–Trinajstić information content (AvgIpc) is 2.26. The summed E-state index contributed by atoms with van der Waals surface area (Å²) in [5.74, 6) is 0. The minimum absolute atomic E-state index is 0.465. The lowest BCUT2D eigenvalue weighted by Crippen LogP contribution is -2.24. The van der Waals surface area contributed by atoms with Crippen molar-refractivity contribution in [2.45, 2.75) is 0 Å². The van der Waals surface area contributed by atoms with Gasteiger partial charge in [-0.05, 0) is 12.1 Å². The van der Waals surface area contributed by atoms with Crippen molar-refractivity contribution in [3.05, 3.63) is 48.8 Å². The molecule has 0 aliphatic carbocycles. The van der Waals surface area contributed by atoms with Crippen LogP contribution in [-0.2, 0) is 4.74 Å². The van der Waals surface area contributed by atoms with Crippen LogP contribution in [0.2, 0.25) is 0 Å². The van der Waals surface area contributed by atoms with Crippen molar-refractivity contribution in [3.8, 4) is 0 Å². The summed E-state index contributed by atoms with van der Waals surface area (Å²) in [6.45, 7) is 3.41. The molecule has 0 aromatic heterocycles. The van der Waals surface area contributed by atoms with Crippen molar-refractivity contribution in [1.29, 1.82) is 0 Å². The highest BCUT2D eigenvalue weighted by Crippen LogP contribution is 2.14. The molecule has 0 aliphatic heterocycles. The monoisotopic (exact) mass is 189 g/mol. The zero-order valence-corrected chi connectivity index (χ0v) is 7.93. The lowest BCUT2D eigenvalue weighted by Gasteiger charge is -2.15. The van der Waals surface area contributed by atoms with Crippen LogP contribution in [0.25, 0.3) is 0 Å². The molecule has 0 saturated heterocycles. The van der Waals surface area contributed by atoms with Crippen LogP contribution in [0.15, 0.2) is 48.8 Å². The molecule has 0 heterocycles. The van der Waals surface area contributed by atoms with Crippen LogP contribution in [0.4, 0.5) is 10.5 Å². The first kappa shape index (κ1) is 10.1. The molecule has 3 heteroatoms. The number of benzene rings is 1. The largest absolute Gasteiger partial charge is 0.452 e. The second-order valence-corrected chi connectivity index (χ2v) is 2.51. The van der Waals surface area contributed by atoms with Gasteiger partial charge in [-0.25, -0.2) is 9.69 Å². The van der Waals surface area contributed by atoms with E-state index >= 15 is 0 Å². The maximum atomic E-state index is 11.3. The fraction of sp³-hybridized carbons (Fsp3) is 0.0909. The topological polar surface area (TPSA) is 29.5 Å². The van der Waals surface area contributed by atoms with Gasteiger partial charge in [-0.15, -0.1) is 5.73 Å². The second kappa shape index (κ2) is 4.90. The van der Waals surface area contributed by atoms with Crippen LogP contribution in [0.3, 0.4) is 0 Å². The molecule has 0 atom stereocenters. The maximum absolute atomic E-state index is 11.3. The summed E-state index contributed by atoms with van der Waals surface area (Å²) >= 11 is 0. The molecule has 3 nitrogen and oxygen atoms in total. The third-order valence-corrected chi connectivity index (χ3v) is 1.63. The standard InChI is InChI=1S/C11H11NO2/c1-3-9-12(11(13)14-2)10-7-5-4-6-8-10/h4-9H,1H2,2H3. The van der Waals surface area contributed by atoms with Gasteiger partial charge in [0.25, 0.3) is 0 Å². The van der Waals surface area contributed by atoms with E-state index in [1.54, 1.807) is 12.1 Å². The smallest absolute Gasteiger partial charge is 0.418 e. The van der Waals surface area contributed by atoms with Gasteiger partial charge in [0.15, 0.2) is 0 Å². The number of methoxy groups -OCH3 is 1. The second-order valence-electron chi connectivity index (χ2n) is 2.51. The van der Waals surface area contributed by atoms with Crippen LogP contribution >= 0.6 is 0 Å². The number of carbonyl (C=O) groups is 1. The molecule has 1 rings (SSSR count). The molecule has 72 valence electrons. The summed E-state index contributed by atoms with van der Waals surface area (Å²) in [4.78, 5) is 12.6. The van der Waals surface area contributed by atoms with E-state index in [2.05, 4.69) is 17.0 Å². The molecule has 1 aromatic rings. The molecule has 0 aliphatic rings. The number of ether oxygens (including phenoxy) is 1. The summed E-state index contributed by atoms with van der Waals surface area (Å²) in [7, 11) is 1.33. The summed E-state index contributed by atoms with van der Waals surface area (Å²) in [6.07, 6.45) is 0.966. The number of rotatable bonds is 2. The lowest BCUT2D eigenvalue weighted by molar-refractivity contribution is 0.181. The number of hydrogen-bond donors (Lipinski definition) is 0. The van der Waals surface area contributed by atoms with Gasteiger partial charge in [0.1, 0.15) is 0 Å². The summed E-state index contributed by atoms with van der Waals surface area (Å²) in [6, 6.07) is 9.14. The minimum atomic E-state index is -0.465. The molecule has 0 fully saturated rings. The molecule has 1 aromatic carbocycles. The normalized spacial score (nSPS) is 8.64. The molecule has 14 heavy (non-hydrogen) atoms. The van der Waals surface area contributed by atoms with Gasteiger partial charge in [0.05, 0.1) is 19.0 Å². The molecule has 0 unspecified atom stereocenters. The Labute approximate surface area is 82.9 Å². The third-order valence-electron chi connectivity index (χ3n) is 1.63. The first-order chi connectivity index (χ1) is 6.79. The number of anilines is 1. The van der Waals surface area contributed by atoms with Gasteiger partial charge < -0.3 is 4.74 Å². The quantitative estimate of drug-likeness (QED) is 0.669. The SMILES string of the molecule is C=C=CN(C(=O)OC)c1ccccc1. The average molecular weight is 189 g/mol. The van der Waals surface area contributed by atoms with Gasteiger partial charge in [0.2, 0.25) is 0 Å². The van der Waals surface area contributed by atoms with E-state index in [1.165, 1.54) is 18.2 Å². The first-order valence-corrected chi connectivity index (χ1v) is 4.07. The van der Waals surface area contributed by atoms with Crippen molar-refractivity contribution in [2.24, 2.45) is 0 Å². The highest BCUT2D eigenvalue weighted by atomic mass is 16.5. The fourth-order valence-corrected chi connectivity index (χ4v) is 1.01. The zero-order valence-electron chi connectivity index (χ0n) is 7.93. The minimum Gasteiger partial charge on any atom is -0.452 e. The molecule has 0 radical (unpaired) electrons. The molecular weight excluding hydrogens is 178 g/mol. The Kier molecular flexibility index (Phi) is 3.53. The van der Waals surface area contributed by atoms with Gasteiger partial charge in [-0.1, -0.05) is 24.8 Å². The van der Waals surface area contributed by atoms with Gasteiger partial charge >= 0.3 is 6.09 Å². The predicted molar refractivity (Wildman–Crippen MR) is 55.0 cm³/mol. The summed E-state index contributed by atoms with van der Waals surface area (Å²) < 4.78 is 4.61. The van der Waals surface area contributed by atoms with Crippen LogP contribution in [-0.4, -0.2) is 13.2 Å². The van der Waals surface area contributed by atoms with Crippen LogP contribution in [0.5, 0.6) is 0 Å². The number of para-hydroxylation sites is 1. The summed E-state index contributed by atoms with van der Waals surface area (Å²) in [5, 5.41) is 0. The van der Waals surface area contributed by atoms with Crippen LogP contribution in [0, 0.1) is 0 Å². The molecular formula is C11H11NO2. The number of nitrogens with zero attached hydrogens (tertiary/aromatic N) is 1. The molecule has 0 spiro atoms. The molecule has 0 saturated carbocycles. The van der Waals surface area contributed by atoms with Crippen LogP contribution < -0.4 is 4.90 Å². The molecule has 0 bridgehead atoms. The van der Waals surface area contributed by atoms with Crippen molar-refractivity contribution in [3.63, 3.8) is 0 Å². The Morgan fingerprint density at radius 1 is 1.50 bits per heavy atom. The zero-order chi connectivity index (χ0) is 10.4. The Morgan fingerprint density at radius 3 is 2.64 bits per heavy atom. The number of hydrogen-bond acceptors (Lipinski definition) is 2. The van der Waals surface area contributed by atoms with Gasteiger partial charge in [-0.3, -0.25) is 0 Å². The number of amides is 1. The van der Waals surface area contributed by atoms with E-state index < -0.39 is 6.09 Å². The van der Waals surface area contributed by atoms with Crippen molar-refractivity contribution < 1.29 is 9.53 Å². The van der Waals surface area contributed by atoms with E-state index in [-0.39, 0.29) is 0 Å². The Hall–Kier alpha value is -1.99. The maximum Gasteiger partial charge on any atom is 0.418 e. The van der Waals surface area contributed by atoms with E-state index in [0.29, 0.717) is 0 Å². The number of carbonyl (C=O) groups excluding carboxylic acids is 1. The van der Waals surface area contributed by atoms with E-state index in [9.17, 15) is 4.79 Å². The van der Waals surface area contributed by atoms with Gasteiger partial charge in [-0.2, -0.15) is 0 Å². The van der Waals surface area contributed by atoms with E-state index in [1.807, 2.05) is 18.2 Å². The Morgan fingerprint density at radius 2 is 2.14 bits per heavy atom. The molecule has 1 amide bonds. The highest BCUT2D eigenvalue weighted by molar-refractivity contribution is 5.89. The third kappa shape index (κ3) is 2.25. The van der Waals surface area contributed by atoms with Gasteiger partial charge in [0, 0.05) is 0 Å². The summed E-state index contributed by atoms with van der Waals surface area (Å²) in [5.41, 5.74) is 3.25. The predicted octanol–water partition coefficient (Wildman–Crippen LogP) is 2.56. The lowest BCUT2D eigenvalue weighted by atomic mass is 10.3. The fourth-order valence-electron chi connectivity index (χ4n) is 1.01. The van der Waals surface area contributed by atoms with Crippen molar-refractivity contribution in [1.82, 2.24) is 0 Å². The Bertz CT molecular complexity index is 353. The Balaban J connectivity index is 3.00. The highest BCUT2D eigenvalue weighted by Gasteiger charge is 2.11. The van der Waals surface area contributed by atoms with E-state index in [4.69, 9.17) is 0 Å². The van der Waals surface area contributed by atoms with Crippen molar-refractivity contribution in [2.75, 3.05) is 12.0 Å². The first-order valence-electron chi connectivity index (χ1n) is 4.07. The molecule has 0 N–H and O–H groups in total. The van der Waals surface area contributed by atoms with Crippen molar-refractivity contribution >= 4 is 11.8 Å². The van der Waals surface area contributed by atoms with E-state index in [0.717, 1.165) is 5.69 Å².